The average Bonchev–Trinajstić information content (AvgIpc) is 2.79. The normalized spacial score (nSPS) is 15.3. The number of hydrogen-bond donors (Lipinski definition) is 2. The molecule has 0 bridgehead atoms. The fourth-order valence-electron chi connectivity index (χ4n) is 4.36. The molecule has 0 saturated carbocycles. The van der Waals surface area contributed by atoms with Gasteiger partial charge in [-0.25, -0.2) is 9.97 Å². The van der Waals surface area contributed by atoms with Crippen LogP contribution < -0.4 is 15.5 Å². The highest BCUT2D eigenvalue weighted by Gasteiger charge is 2.27. The molecule has 0 atom stereocenters. The molecule has 0 aliphatic carbocycles. The van der Waals surface area contributed by atoms with Crippen molar-refractivity contribution >= 4 is 17.5 Å². The molecule has 1 amide bonds. The van der Waals surface area contributed by atoms with Crippen LogP contribution in [-0.4, -0.2) is 29.0 Å². The van der Waals surface area contributed by atoms with Crippen LogP contribution in [0.25, 0.3) is 11.1 Å². The Morgan fingerprint density at radius 3 is 2.42 bits per heavy atom. The molecule has 2 aromatic carbocycles. The number of nitrogens with one attached hydrogen (secondary N) is 2. The van der Waals surface area contributed by atoms with Crippen LogP contribution in [0.1, 0.15) is 44.7 Å². The van der Waals surface area contributed by atoms with Gasteiger partial charge in [0.2, 0.25) is 11.9 Å². The zero-order chi connectivity index (χ0) is 23.3. The van der Waals surface area contributed by atoms with Gasteiger partial charge in [-0.2, -0.15) is 0 Å². The molecule has 6 heteroatoms. The van der Waals surface area contributed by atoms with Gasteiger partial charge in [0.15, 0.2) is 0 Å². The Bertz CT molecular complexity index is 1080. The second-order valence-electron chi connectivity index (χ2n) is 9.64. The Kier molecular flexibility index (Phi) is 7.04. The van der Waals surface area contributed by atoms with E-state index >= 15 is 0 Å². The standard InChI is InChI=1S/C27H33N5O/c1-20(33)31-25-7-4-6-22(14-25)16-28-15-21-8-10-23(11-9-21)24-17-29-26(30-18-24)32-13-5-12-27(2,3)19-32/h4,6-11,14,17-18,28H,5,12-13,15-16,19H2,1-3H3,(H,31,33). The summed E-state index contributed by atoms with van der Waals surface area (Å²) in [7, 11) is 0. The number of rotatable bonds is 7. The van der Waals surface area contributed by atoms with E-state index in [4.69, 9.17) is 0 Å². The van der Waals surface area contributed by atoms with Crippen molar-refractivity contribution in [3.05, 3.63) is 72.1 Å². The van der Waals surface area contributed by atoms with Gasteiger partial charge < -0.3 is 15.5 Å². The highest BCUT2D eigenvalue weighted by Crippen LogP contribution is 2.30. The lowest BCUT2D eigenvalue weighted by Gasteiger charge is -2.38. The molecule has 1 aliphatic heterocycles. The third kappa shape index (κ3) is 6.39. The summed E-state index contributed by atoms with van der Waals surface area (Å²) in [5.74, 6) is 0.769. The molecule has 1 aliphatic rings. The molecule has 0 spiro atoms. The lowest BCUT2D eigenvalue weighted by Crippen LogP contribution is -2.40. The van der Waals surface area contributed by atoms with Crippen molar-refractivity contribution in [2.45, 2.75) is 46.7 Å². The summed E-state index contributed by atoms with van der Waals surface area (Å²) in [6.45, 7) is 9.68. The van der Waals surface area contributed by atoms with Gasteiger partial charge in [-0.3, -0.25) is 4.79 Å². The van der Waals surface area contributed by atoms with Crippen molar-refractivity contribution in [1.29, 1.82) is 0 Å². The highest BCUT2D eigenvalue weighted by atomic mass is 16.1. The average molecular weight is 444 g/mol. The lowest BCUT2D eigenvalue weighted by molar-refractivity contribution is -0.114. The molecular formula is C27H33N5O. The maximum absolute atomic E-state index is 11.2. The number of benzene rings is 2. The van der Waals surface area contributed by atoms with Gasteiger partial charge in [-0.05, 0) is 47.1 Å². The number of amides is 1. The Hall–Kier alpha value is -3.25. The SMILES string of the molecule is CC(=O)Nc1cccc(CNCc2ccc(-c3cnc(N4CCCC(C)(C)C4)nc3)cc2)c1. The fourth-order valence-corrected chi connectivity index (χ4v) is 4.36. The molecule has 3 aromatic rings. The van der Waals surface area contributed by atoms with E-state index in [1.807, 2.05) is 30.6 Å². The van der Waals surface area contributed by atoms with E-state index in [-0.39, 0.29) is 5.91 Å². The summed E-state index contributed by atoms with van der Waals surface area (Å²) in [5, 5.41) is 6.29. The van der Waals surface area contributed by atoms with E-state index in [2.05, 4.69) is 69.7 Å². The molecule has 0 radical (unpaired) electrons. The molecule has 2 N–H and O–H groups in total. The molecule has 6 nitrogen and oxygen atoms in total. The van der Waals surface area contributed by atoms with E-state index in [0.29, 0.717) is 5.41 Å². The van der Waals surface area contributed by atoms with E-state index in [0.717, 1.165) is 54.5 Å². The first kappa shape index (κ1) is 22.9. The van der Waals surface area contributed by atoms with Gasteiger partial charge in [0.25, 0.3) is 0 Å². The topological polar surface area (TPSA) is 70.2 Å². The van der Waals surface area contributed by atoms with Crippen molar-refractivity contribution in [2.24, 2.45) is 5.41 Å². The molecule has 0 unspecified atom stereocenters. The first-order valence-electron chi connectivity index (χ1n) is 11.6. The third-order valence-electron chi connectivity index (χ3n) is 6.01. The number of carbonyl (C=O) groups is 1. The van der Waals surface area contributed by atoms with Crippen molar-refractivity contribution in [2.75, 3.05) is 23.3 Å². The number of aromatic nitrogens is 2. The van der Waals surface area contributed by atoms with Crippen LogP contribution in [0.15, 0.2) is 60.9 Å². The minimum atomic E-state index is -0.0596. The predicted octanol–water partition coefficient (Wildman–Crippen LogP) is 5.02. The summed E-state index contributed by atoms with van der Waals surface area (Å²) in [5.41, 5.74) is 5.63. The Labute approximate surface area is 196 Å². The van der Waals surface area contributed by atoms with Crippen molar-refractivity contribution < 1.29 is 4.79 Å². The summed E-state index contributed by atoms with van der Waals surface area (Å²) in [6.07, 6.45) is 6.30. The van der Waals surface area contributed by atoms with Gasteiger partial charge in [0.05, 0.1) is 0 Å². The summed E-state index contributed by atoms with van der Waals surface area (Å²) >= 11 is 0. The van der Waals surface area contributed by atoms with Crippen molar-refractivity contribution in [3.63, 3.8) is 0 Å². The molecular weight excluding hydrogens is 410 g/mol. The van der Waals surface area contributed by atoms with Crippen LogP contribution in [-0.2, 0) is 17.9 Å². The smallest absolute Gasteiger partial charge is 0.225 e. The number of hydrogen-bond acceptors (Lipinski definition) is 5. The minimum Gasteiger partial charge on any atom is -0.340 e. The molecule has 2 heterocycles. The summed E-state index contributed by atoms with van der Waals surface area (Å²) < 4.78 is 0. The van der Waals surface area contributed by atoms with Crippen molar-refractivity contribution in [1.82, 2.24) is 15.3 Å². The maximum atomic E-state index is 11.2. The first-order valence-corrected chi connectivity index (χ1v) is 11.6. The highest BCUT2D eigenvalue weighted by molar-refractivity contribution is 5.88. The summed E-state index contributed by atoms with van der Waals surface area (Å²) in [4.78, 5) is 22.8. The Morgan fingerprint density at radius 1 is 1.00 bits per heavy atom. The van der Waals surface area contributed by atoms with E-state index < -0.39 is 0 Å². The van der Waals surface area contributed by atoms with Crippen LogP contribution in [0.4, 0.5) is 11.6 Å². The van der Waals surface area contributed by atoms with Gasteiger partial charge in [-0.1, -0.05) is 50.2 Å². The second kappa shape index (κ2) is 10.1. The fraction of sp³-hybridized carbons (Fsp3) is 0.370. The second-order valence-corrected chi connectivity index (χ2v) is 9.64. The van der Waals surface area contributed by atoms with Crippen molar-refractivity contribution in [3.8, 4) is 11.1 Å². The summed E-state index contributed by atoms with van der Waals surface area (Å²) in [6, 6.07) is 16.4. The third-order valence-corrected chi connectivity index (χ3v) is 6.01. The van der Waals surface area contributed by atoms with Gasteiger partial charge in [-0.15, -0.1) is 0 Å². The molecule has 33 heavy (non-hydrogen) atoms. The van der Waals surface area contributed by atoms with E-state index in [1.165, 1.54) is 25.3 Å². The monoisotopic (exact) mass is 443 g/mol. The Morgan fingerprint density at radius 2 is 1.73 bits per heavy atom. The van der Waals surface area contributed by atoms with E-state index in [9.17, 15) is 4.79 Å². The predicted molar refractivity (Wildman–Crippen MR) is 134 cm³/mol. The quantitative estimate of drug-likeness (QED) is 0.537. The van der Waals surface area contributed by atoms with E-state index in [1.54, 1.807) is 0 Å². The maximum Gasteiger partial charge on any atom is 0.225 e. The largest absolute Gasteiger partial charge is 0.340 e. The molecule has 1 saturated heterocycles. The zero-order valence-electron chi connectivity index (χ0n) is 19.8. The first-order chi connectivity index (χ1) is 15.9. The van der Waals surface area contributed by atoms with Crippen LogP contribution in [0.2, 0.25) is 0 Å². The molecule has 172 valence electrons. The lowest BCUT2D eigenvalue weighted by atomic mass is 9.84. The van der Waals surface area contributed by atoms with Gasteiger partial charge in [0.1, 0.15) is 0 Å². The van der Waals surface area contributed by atoms with Crippen LogP contribution >= 0.6 is 0 Å². The number of anilines is 2. The van der Waals surface area contributed by atoms with Gasteiger partial charge in [0, 0.05) is 56.7 Å². The zero-order valence-corrected chi connectivity index (χ0v) is 19.8. The van der Waals surface area contributed by atoms with Gasteiger partial charge >= 0.3 is 0 Å². The minimum absolute atomic E-state index is 0.0596. The number of nitrogens with zero attached hydrogens (tertiary/aromatic N) is 3. The van der Waals surface area contributed by atoms with Crippen LogP contribution in [0.3, 0.4) is 0 Å². The Balaban J connectivity index is 1.31. The van der Waals surface area contributed by atoms with Crippen LogP contribution in [0.5, 0.6) is 0 Å². The number of carbonyl (C=O) groups excluding carboxylic acids is 1. The van der Waals surface area contributed by atoms with Crippen LogP contribution in [0, 0.1) is 5.41 Å². The number of piperidine rings is 1. The molecule has 4 rings (SSSR count). The molecule has 1 fully saturated rings. The molecule has 1 aromatic heterocycles.